The Balaban J connectivity index is 1.35. The fourth-order valence-corrected chi connectivity index (χ4v) is 4.06. The van der Waals surface area contributed by atoms with Crippen molar-refractivity contribution >= 4 is 28.3 Å². The lowest BCUT2D eigenvalue weighted by Gasteiger charge is -2.30. The molecule has 0 atom stereocenters. The second kappa shape index (κ2) is 8.26. The van der Waals surface area contributed by atoms with Gasteiger partial charge in [0.05, 0.1) is 31.8 Å². The van der Waals surface area contributed by atoms with Crippen LogP contribution >= 0.6 is 0 Å². The summed E-state index contributed by atoms with van der Waals surface area (Å²) in [5.74, 6) is 2.42. The van der Waals surface area contributed by atoms with Crippen molar-refractivity contribution in [1.82, 2.24) is 9.55 Å². The minimum absolute atomic E-state index is 0.165. The lowest BCUT2D eigenvalue weighted by molar-refractivity contribution is 0.102. The van der Waals surface area contributed by atoms with Crippen LogP contribution in [0.3, 0.4) is 0 Å². The van der Waals surface area contributed by atoms with Crippen LogP contribution in [0.15, 0.2) is 66.7 Å². The smallest absolute Gasteiger partial charge is 0.255 e. The molecule has 5 rings (SSSR count). The zero-order chi connectivity index (χ0) is 22.1. The van der Waals surface area contributed by atoms with E-state index in [9.17, 15) is 4.79 Å². The van der Waals surface area contributed by atoms with Crippen LogP contribution in [0.1, 0.15) is 16.2 Å². The van der Waals surface area contributed by atoms with Gasteiger partial charge in [-0.1, -0.05) is 0 Å². The van der Waals surface area contributed by atoms with Crippen LogP contribution in [0, 0.1) is 0 Å². The SMILES string of the molecule is COc1ccc(C(=O)Nc2ccc3c(c2)nc2n3CCN(c3ccc(OC)cc3)C2)cc1. The van der Waals surface area contributed by atoms with E-state index in [0.29, 0.717) is 5.56 Å². The Labute approximate surface area is 186 Å². The summed E-state index contributed by atoms with van der Waals surface area (Å²) < 4.78 is 12.7. The number of nitrogens with one attached hydrogen (secondary N) is 1. The predicted octanol–water partition coefficient (Wildman–Crippen LogP) is 4.33. The van der Waals surface area contributed by atoms with Crippen LogP contribution in [-0.4, -0.2) is 36.2 Å². The maximum Gasteiger partial charge on any atom is 0.255 e. The molecule has 0 spiro atoms. The number of amides is 1. The highest BCUT2D eigenvalue weighted by Crippen LogP contribution is 2.27. The van der Waals surface area contributed by atoms with E-state index in [1.807, 2.05) is 30.3 Å². The van der Waals surface area contributed by atoms with Crippen LogP contribution in [0.5, 0.6) is 11.5 Å². The Kier molecular flexibility index (Phi) is 5.15. The highest BCUT2D eigenvalue weighted by atomic mass is 16.5. The third-order valence-electron chi connectivity index (χ3n) is 5.80. The molecule has 1 aliphatic heterocycles. The number of hydrogen-bond acceptors (Lipinski definition) is 5. The van der Waals surface area contributed by atoms with Gasteiger partial charge in [0, 0.05) is 30.0 Å². The molecule has 0 unspecified atom stereocenters. The second-order valence-electron chi connectivity index (χ2n) is 7.69. The molecule has 0 aliphatic carbocycles. The number of anilines is 2. The van der Waals surface area contributed by atoms with Gasteiger partial charge < -0.3 is 24.3 Å². The van der Waals surface area contributed by atoms with Gasteiger partial charge in [-0.3, -0.25) is 4.79 Å². The summed E-state index contributed by atoms with van der Waals surface area (Å²) in [7, 11) is 3.27. The number of carbonyl (C=O) groups excluding carboxylic acids is 1. The monoisotopic (exact) mass is 428 g/mol. The van der Waals surface area contributed by atoms with Gasteiger partial charge in [-0.25, -0.2) is 4.98 Å². The van der Waals surface area contributed by atoms with Crippen LogP contribution in [0.25, 0.3) is 11.0 Å². The third-order valence-corrected chi connectivity index (χ3v) is 5.80. The third kappa shape index (κ3) is 3.73. The lowest BCUT2D eigenvalue weighted by Crippen LogP contribution is -2.33. The lowest BCUT2D eigenvalue weighted by atomic mass is 10.2. The van der Waals surface area contributed by atoms with Crippen molar-refractivity contribution in [3.05, 3.63) is 78.1 Å². The van der Waals surface area contributed by atoms with Gasteiger partial charge in [-0.05, 0) is 66.7 Å². The van der Waals surface area contributed by atoms with Crippen molar-refractivity contribution in [3.63, 3.8) is 0 Å². The number of ether oxygens (including phenoxy) is 2. The summed E-state index contributed by atoms with van der Waals surface area (Å²) in [6.07, 6.45) is 0. The first-order valence-corrected chi connectivity index (χ1v) is 10.5. The molecule has 1 amide bonds. The van der Waals surface area contributed by atoms with Gasteiger partial charge in [0.1, 0.15) is 17.3 Å². The van der Waals surface area contributed by atoms with E-state index in [0.717, 1.165) is 59.4 Å². The quantitative estimate of drug-likeness (QED) is 0.513. The maximum absolute atomic E-state index is 12.6. The Morgan fingerprint density at radius 1 is 0.906 bits per heavy atom. The fourth-order valence-electron chi connectivity index (χ4n) is 4.06. The van der Waals surface area contributed by atoms with E-state index < -0.39 is 0 Å². The van der Waals surface area contributed by atoms with Gasteiger partial charge in [0.15, 0.2) is 0 Å². The van der Waals surface area contributed by atoms with Crippen molar-refractivity contribution in [2.45, 2.75) is 13.1 Å². The molecule has 1 aromatic heterocycles. The van der Waals surface area contributed by atoms with Gasteiger partial charge in [0.2, 0.25) is 0 Å². The fraction of sp³-hybridized carbons (Fsp3) is 0.200. The van der Waals surface area contributed by atoms with Gasteiger partial charge in [0.25, 0.3) is 5.91 Å². The summed E-state index contributed by atoms with van der Waals surface area (Å²) >= 11 is 0. The molecule has 7 nitrogen and oxygen atoms in total. The molecule has 0 bridgehead atoms. The Morgan fingerprint density at radius 3 is 2.28 bits per heavy atom. The maximum atomic E-state index is 12.6. The average Bonchev–Trinajstić information content (AvgIpc) is 3.21. The zero-order valence-electron chi connectivity index (χ0n) is 18.0. The number of rotatable bonds is 5. The van der Waals surface area contributed by atoms with E-state index >= 15 is 0 Å². The summed E-state index contributed by atoms with van der Waals surface area (Å²) in [4.78, 5) is 19.8. The Hall–Kier alpha value is -4.00. The van der Waals surface area contributed by atoms with Gasteiger partial charge in [-0.2, -0.15) is 0 Å². The summed E-state index contributed by atoms with van der Waals surface area (Å²) in [6, 6.07) is 21.0. The minimum Gasteiger partial charge on any atom is -0.497 e. The molecule has 2 heterocycles. The second-order valence-corrected chi connectivity index (χ2v) is 7.69. The van der Waals surface area contributed by atoms with Gasteiger partial charge >= 0.3 is 0 Å². The standard InChI is InChI=1S/C25H24N4O3/c1-31-20-8-3-17(4-9-20)25(30)26-18-5-12-23-22(15-18)27-24-16-28(13-14-29(23)24)19-6-10-21(32-2)11-7-19/h3-12,15H,13-14,16H2,1-2H3,(H,26,30). The Bertz CT molecular complexity index is 1260. The van der Waals surface area contributed by atoms with E-state index in [1.54, 1.807) is 38.5 Å². The van der Waals surface area contributed by atoms with Crippen molar-refractivity contribution in [3.8, 4) is 11.5 Å². The molecule has 32 heavy (non-hydrogen) atoms. The molecule has 162 valence electrons. The van der Waals surface area contributed by atoms with Crippen LogP contribution in [0.4, 0.5) is 11.4 Å². The topological polar surface area (TPSA) is 68.6 Å². The molecule has 1 aliphatic rings. The molecular formula is C25H24N4O3. The molecule has 7 heteroatoms. The summed E-state index contributed by atoms with van der Waals surface area (Å²) in [6.45, 7) is 2.49. The molecule has 0 fully saturated rings. The van der Waals surface area contributed by atoms with E-state index in [1.165, 1.54) is 0 Å². The minimum atomic E-state index is -0.165. The molecule has 0 saturated carbocycles. The number of aromatic nitrogens is 2. The number of hydrogen-bond donors (Lipinski definition) is 1. The first-order valence-electron chi connectivity index (χ1n) is 10.5. The molecule has 1 N–H and O–H groups in total. The number of methoxy groups -OCH3 is 2. The summed E-state index contributed by atoms with van der Waals surface area (Å²) in [5.41, 5.74) is 4.41. The first-order chi connectivity index (χ1) is 15.6. The van der Waals surface area contributed by atoms with Crippen molar-refractivity contribution in [2.75, 3.05) is 31.0 Å². The number of fused-ring (bicyclic) bond motifs is 3. The molecule has 3 aromatic carbocycles. The average molecular weight is 428 g/mol. The molecule has 4 aromatic rings. The Morgan fingerprint density at radius 2 is 1.59 bits per heavy atom. The molecule has 0 radical (unpaired) electrons. The predicted molar refractivity (Wildman–Crippen MR) is 125 cm³/mol. The largest absolute Gasteiger partial charge is 0.497 e. The first kappa shape index (κ1) is 19.9. The van der Waals surface area contributed by atoms with Crippen molar-refractivity contribution in [1.29, 1.82) is 0 Å². The molecule has 0 saturated heterocycles. The van der Waals surface area contributed by atoms with Crippen LogP contribution < -0.4 is 19.7 Å². The summed E-state index contributed by atoms with van der Waals surface area (Å²) in [5, 5.41) is 2.96. The normalized spacial score (nSPS) is 13.0. The van der Waals surface area contributed by atoms with E-state index in [-0.39, 0.29) is 5.91 Å². The van der Waals surface area contributed by atoms with Crippen molar-refractivity contribution in [2.24, 2.45) is 0 Å². The van der Waals surface area contributed by atoms with Gasteiger partial charge in [-0.15, -0.1) is 0 Å². The number of nitrogens with zero attached hydrogens (tertiary/aromatic N) is 3. The van der Waals surface area contributed by atoms with E-state index in [4.69, 9.17) is 14.5 Å². The van der Waals surface area contributed by atoms with Crippen LogP contribution in [0.2, 0.25) is 0 Å². The highest BCUT2D eigenvalue weighted by molar-refractivity contribution is 6.05. The number of carbonyl (C=O) groups is 1. The number of benzene rings is 3. The zero-order valence-corrected chi connectivity index (χ0v) is 18.0. The van der Waals surface area contributed by atoms with Crippen LogP contribution in [-0.2, 0) is 13.1 Å². The van der Waals surface area contributed by atoms with E-state index in [2.05, 4.69) is 26.9 Å². The highest BCUT2D eigenvalue weighted by Gasteiger charge is 2.21. The molecular weight excluding hydrogens is 404 g/mol. The number of imidazole rings is 1. The van der Waals surface area contributed by atoms with Crippen molar-refractivity contribution < 1.29 is 14.3 Å².